The van der Waals surface area contributed by atoms with Crippen molar-refractivity contribution in [2.24, 2.45) is 17.8 Å². The van der Waals surface area contributed by atoms with Gasteiger partial charge in [-0.05, 0) is 74.7 Å². The van der Waals surface area contributed by atoms with Crippen LogP contribution in [0.4, 0.5) is 11.4 Å². The van der Waals surface area contributed by atoms with Crippen LogP contribution in [0.15, 0.2) is 42.5 Å². The number of imide groups is 1. The molecule has 2 aliphatic heterocycles. The second-order valence-corrected chi connectivity index (χ2v) is 9.71. The Labute approximate surface area is 210 Å². The Balaban J connectivity index is 1.25. The van der Waals surface area contributed by atoms with Gasteiger partial charge >= 0.3 is 5.97 Å². The Kier molecular flexibility index (Phi) is 6.51. The van der Waals surface area contributed by atoms with E-state index in [1.807, 2.05) is 6.92 Å². The van der Waals surface area contributed by atoms with E-state index in [9.17, 15) is 19.2 Å². The van der Waals surface area contributed by atoms with Gasteiger partial charge in [0, 0.05) is 18.7 Å². The maximum Gasteiger partial charge on any atom is 0.316 e. The van der Waals surface area contributed by atoms with Gasteiger partial charge in [-0.3, -0.25) is 19.2 Å². The molecule has 8 nitrogen and oxygen atoms in total. The molecule has 2 aromatic rings. The highest BCUT2D eigenvalue weighted by atomic mass is 16.5. The number of amides is 3. The third-order valence-corrected chi connectivity index (χ3v) is 7.39. The van der Waals surface area contributed by atoms with Gasteiger partial charge in [-0.1, -0.05) is 12.8 Å². The second kappa shape index (κ2) is 9.76. The highest BCUT2D eigenvalue weighted by Gasteiger charge is 2.49. The molecule has 8 heteroatoms. The van der Waals surface area contributed by atoms with Crippen LogP contribution in [0, 0.1) is 24.7 Å². The standard InChI is InChI=1S/C28H30N2O6/c1-3-35-20-10-8-19(9-11-20)29-16-18(15-25(29)31)28(34)36-21-12-13-24(17(2)14-21)30-26(32)22-6-4-5-7-23(22)27(30)33/h8-14,18,22-23H,3-7,15-16H2,1-2H3/t18-,22-,23+/m1/s1. The summed E-state index contributed by atoms with van der Waals surface area (Å²) in [7, 11) is 0. The molecule has 3 aliphatic rings. The average Bonchev–Trinajstić information content (AvgIpc) is 3.38. The van der Waals surface area contributed by atoms with Crippen LogP contribution in [0.2, 0.25) is 0 Å². The lowest BCUT2D eigenvalue weighted by Gasteiger charge is -2.19. The molecule has 2 saturated heterocycles. The average molecular weight is 491 g/mol. The first-order chi connectivity index (χ1) is 17.4. The van der Waals surface area contributed by atoms with Crippen molar-refractivity contribution in [3.63, 3.8) is 0 Å². The van der Waals surface area contributed by atoms with Crippen LogP contribution in [0.25, 0.3) is 0 Å². The number of anilines is 2. The first-order valence-corrected chi connectivity index (χ1v) is 12.6. The first kappa shape index (κ1) is 24.0. The van der Waals surface area contributed by atoms with Gasteiger partial charge in [0.05, 0.1) is 30.0 Å². The van der Waals surface area contributed by atoms with Gasteiger partial charge in [0.2, 0.25) is 17.7 Å². The van der Waals surface area contributed by atoms with Crippen LogP contribution in [0.3, 0.4) is 0 Å². The Morgan fingerprint density at radius 3 is 2.19 bits per heavy atom. The summed E-state index contributed by atoms with van der Waals surface area (Å²) in [6, 6.07) is 12.1. The summed E-state index contributed by atoms with van der Waals surface area (Å²) in [5.74, 6) is -0.864. The van der Waals surface area contributed by atoms with Gasteiger partial charge in [-0.15, -0.1) is 0 Å². The number of carbonyl (C=O) groups is 4. The van der Waals surface area contributed by atoms with Gasteiger partial charge < -0.3 is 14.4 Å². The molecule has 36 heavy (non-hydrogen) atoms. The highest BCUT2D eigenvalue weighted by Crippen LogP contribution is 2.41. The van der Waals surface area contributed by atoms with Crippen molar-refractivity contribution >= 4 is 35.1 Å². The topological polar surface area (TPSA) is 93.2 Å². The van der Waals surface area contributed by atoms with Gasteiger partial charge in [0.25, 0.3) is 0 Å². The van der Waals surface area contributed by atoms with E-state index in [1.54, 1.807) is 54.3 Å². The molecule has 0 radical (unpaired) electrons. The summed E-state index contributed by atoms with van der Waals surface area (Å²) < 4.78 is 11.0. The molecule has 188 valence electrons. The molecule has 2 aromatic carbocycles. The maximum absolute atomic E-state index is 12.9. The van der Waals surface area contributed by atoms with Crippen molar-refractivity contribution in [1.82, 2.24) is 0 Å². The van der Waals surface area contributed by atoms with Crippen molar-refractivity contribution in [3.05, 3.63) is 48.0 Å². The smallest absolute Gasteiger partial charge is 0.316 e. The molecular weight excluding hydrogens is 460 g/mol. The van der Waals surface area contributed by atoms with Gasteiger partial charge in [0.15, 0.2) is 0 Å². The number of carbonyl (C=O) groups excluding carboxylic acids is 4. The summed E-state index contributed by atoms with van der Waals surface area (Å²) in [6.07, 6.45) is 3.54. The van der Waals surface area contributed by atoms with E-state index in [-0.39, 0.29) is 42.5 Å². The number of aryl methyl sites for hydroxylation is 1. The van der Waals surface area contributed by atoms with Crippen LogP contribution in [-0.4, -0.2) is 36.8 Å². The van der Waals surface area contributed by atoms with E-state index >= 15 is 0 Å². The summed E-state index contributed by atoms with van der Waals surface area (Å²) in [5.41, 5.74) is 1.93. The lowest BCUT2D eigenvalue weighted by molar-refractivity contribution is -0.139. The van der Waals surface area contributed by atoms with E-state index in [2.05, 4.69) is 0 Å². The predicted molar refractivity (Wildman–Crippen MR) is 133 cm³/mol. The molecule has 1 saturated carbocycles. The summed E-state index contributed by atoms with van der Waals surface area (Å²) in [6.45, 7) is 4.49. The monoisotopic (exact) mass is 490 g/mol. The predicted octanol–water partition coefficient (Wildman–Crippen LogP) is 4.03. The third kappa shape index (κ3) is 4.36. The highest BCUT2D eigenvalue weighted by molar-refractivity contribution is 6.22. The molecule has 2 heterocycles. The Morgan fingerprint density at radius 1 is 0.944 bits per heavy atom. The Bertz CT molecular complexity index is 1180. The molecule has 5 rings (SSSR count). The zero-order valence-corrected chi connectivity index (χ0v) is 20.6. The number of hydrogen-bond donors (Lipinski definition) is 0. The van der Waals surface area contributed by atoms with Crippen molar-refractivity contribution in [2.75, 3.05) is 23.0 Å². The van der Waals surface area contributed by atoms with Crippen LogP contribution in [0.5, 0.6) is 11.5 Å². The lowest BCUT2D eigenvalue weighted by Crippen LogP contribution is -2.31. The second-order valence-electron chi connectivity index (χ2n) is 9.71. The molecular formula is C28H30N2O6. The minimum absolute atomic E-state index is 0.0721. The van der Waals surface area contributed by atoms with Crippen molar-refractivity contribution < 1.29 is 28.7 Å². The number of rotatable bonds is 6. The van der Waals surface area contributed by atoms with Crippen molar-refractivity contribution in [1.29, 1.82) is 0 Å². The molecule has 0 aromatic heterocycles. The summed E-state index contributed by atoms with van der Waals surface area (Å²) >= 11 is 0. The maximum atomic E-state index is 12.9. The normalized spacial score (nSPS) is 23.7. The van der Waals surface area contributed by atoms with Crippen LogP contribution < -0.4 is 19.3 Å². The van der Waals surface area contributed by atoms with Crippen molar-refractivity contribution in [2.45, 2.75) is 46.0 Å². The van der Waals surface area contributed by atoms with E-state index in [0.717, 1.165) is 31.4 Å². The Hall–Kier alpha value is -3.68. The van der Waals surface area contributed by atoms with Gasteiger partial charge in [0.1, 0.15) is 11.5 Å². The fraction of sp³-hybridized carbons (Fsp3) is 0.429. The van der Waals surface area contributed by atoms with Gasteiger partial charge in [-0.2, -0.15) is 0 Å². The fourth-order valence-corrected chi connectivity index (χ4v) is 5.55. The Morgan fingerprint density at radius 2 is 1.58 bits per heavy atom. The molecule has 3 atom stereocenters. The molecule has 1 aliphatic carbocycles. The molecule has 0 N–H and O–H groups in total. The van der Waals surface area contributed by atoms with E-state index in [1.165, 1.54) is 4.90 Å². The first-order valence-electron chi connectivity index (χ1n) is 12.6. The van der Waals surface area contributed by atoms with Crippen LogP contribution >= 0.6 is 0 Å². The third-order valence-electron chi connectivity index (χ3n) is 7.39. The zero-order chi connectivity index (χ0) is 25.4. The quantitative estimate of drug-likeness (QED) is 0.345. The SMILES string of the molecule is CCOc1ccc(N2C[C@H](C(=O)Oc3ccc(N4C(=O)[C@H]5CCCC[C@H]5C4=O)c(C)c3)CC2=O)cc1. The van der Waals surface area contributed by atoms with Gasteiger partial charge in [-0.25, -0.2) is 4.90 Å². The van der Waals surface area contributed by atoms with E-state index < -0.39 is 11.9 Å². The number of nitrogens with zero attached hydrogens (tertiary/aromatic N) is 2. The van der Waals surface area contributed by atoms with E-state index in [0.29, 0.717) is 29.3 Å². The lowest BCUT2D eigenvalue weighted by atomic mass is 9.81. The largest absolute Gasteiger partial charge is 0.494 e. The number of esters is 1. The summed E-state index contributed by atoms with van der Waals surface area (Å²) in [4.78, 5) is 54.2. The number of benzene rings is 2. The summed E-state index contributed by atoms with van der Waals surface area (Å²) in [5, 5.41) is 0. The zero-order valence-electron chi connectivity index (χ0n) is 20.6. The van der Waals surface area contributed by atoms with Crippen LogP contribution in [-0.2, 0) is 19.2 Å². The number of fused-ring (bicyclic) bond motifs is 1. The van der Waals surface area contributed by atoms with E-state index in [4.69, 9.17) is 9.47 Å². The van der Waals surface area contributed by atoms with Crippen molar-refractivity contribution in [3.8, 4) is 11.5 Å². The molecule has 0 spiro atoms. The molecule has 3 fully saturated rings. The minimum atomic E-state index is -0.589. The molecule has 0 bridgehead atoms. The van der Waals surface area contributed by atoms with Crippen LogP contribution in [0.1, 0.15) is 44.6 Å². The minimum Gasteiger partial charge on any atom is -0.494 e. The molecule has 3 amide bonds. The fourth-order valence-electron chi connectivity index (χ4n) is 5.55. The molecule has 0 unspecified atom stereocenters. The number of ether oxygens (including phenoxy) is 2. The number of hydrogen-bond acceptors (Lipinski definition) is 6.